The van der Waals surface area contributed by atoms with E-state index < -0.39 is 26.8 Å². The highest BCUT2D eigenvalue weighted by atomic mass is 35.5. The summed E-state index contributed by atoms with van der Waals surface area (Å²) in [5.74, 6) is 0.453. The minimum atomic E-state index is -2.72. The van der Waals surface area contributed by atoms with Gasteiger partial charge in [0.25, 0.3) is 8.32 Å². The molecular weight excluding hydrogens is 487 g/mol. The lowest BCUT2D eigenvalue weighted by atomic mass is 10.2. The van der Waals surface area contributed by atoms with Gasteiger partial charge in [-0.05, 0) is 15.4 Å². The van der Waals surface area contributed by atoms with Crippen LogP contribution in [0.5, 0.6) is 0 Å². The lowest BCUT2D eigenvalue weighted by Gasteiger charge is -2.43. The van der Waals surface area contributed by atoms with Gasteiger partial charge >= 0.3 is 6.08 Å². The number of hydrogen-bond donors (Lipinski definition) is 1. The Labute approximate surface area is 208 Å². The maximum absolute atomic E-state index is 13.5. The molecule has 1 fully saturated rings. The van der Waals surface area contributed by atoms with Crippen LogP contribution in [0.1, 0.15) is 32.7 Å². The zero-order valence-electron chi connectivity index (χ0n) is 19.7. The fourth-order valence-electron chi connectivity index (χ4n) is 4.65. The lowest BCUT2D eigenvalue weighted by molar-refractivity contribution is -0.0851. The summed E-state index contributed by atoms with van der Waals surface area (Å²) in [6, 6.07) is 20.8. The van der Waals surface area contributed by atoms with Crippen molar-refractivity contribution in [3.63, 3.8) is 0 Å². The number of imidazole rings is 1. The minimum absolute atomic E-state index is 0.0308. The van der Waals surface area contributed by atoms with Gasteiger partial charge in [-0.25, -0.2) is 4.98 Å². The Hall–Kier alpha value is -2.69. The molecule has 1 aliphatic rings. The van der Waals surface area contributed by atoms with Crippen LogP contribution >= 0.6 is 11.6 Å². The van der Waals surface area contributed by atoms with E-state index in [0.29, 0.717) is 11.3 Å². The number of aromatic amines is 1. The molecule has 0 spiro atoms. The molecule has 182 valence electrons. The Balaban J connectivity index is 1.40. The molecule has 0 bridgehead atoms. The monoisotopic (exact) mass is 512 g/mol. The van der Waals surface area contributed by atoms with Gasteiger partial charge in [-0.1, -0.05) is 93.0 Å². The van der Waals surface area contributed by atoms with Gasteiger partial charge in [-0.15, -0.1) is 0 Å². The Kier molecular flexibility index (Phi) is 6.45. The topological polar surface area (TPSA) is 82.2 Å². The normalized spacial score (nSPS) is 18.9. The predicted octanol–water partition coefficient (Wildman–Crippen LogP) is 4.14. The highest BCUT2D eigenvalue weighted by Crippen LogP contribution is 2.37. The summed E-state index contributed by atoms with van der Waals surface area (Å²) in [4.78, 5) is 14.6. The average Bonchev–Trinajstić information content (AvgIpc) is 3.47. The van der Waals surface area contributed by atoms with E-state index in [-0.39, 0.29) is 29.1 Å². The standard InChI is InChI=1S/C25H26ClFN4O3Si/c1-25(2,3)35(16-10-6-4-7-11-16,17-12-8-5-9-13-17)33-15-19-32-14-18(34-19)22-28-20-21(26)29-24(27)31-23(20)30-22/h4-13,18-19H,14-15H2,1-3H3,(H,28,29,30,31). The van der Waals surface area contributed by atoms with Gasteiger partial charge in [0.15, 0.2) is 17.1 Å². The van der Waals surface area contributed by atoms with Gasteiger partial charge in [-0.3, -0.25) is 0 Å². The summed E-state index contributed by atoms with van der Waals surface area (Å²) in [5.41, 5.74) is 0.506. The summed E-state index contributed by atoms with van der Waals surface area (Å²) >= 11 is 6.02. The molecule has 0 radical (unpaired) electrons. The third kappa shape index (κ3) is 4.50. The van der Waals surface area contributed by atoms with Gasteiger partial charge < -0.3 is 18.9 Å². The van der Waals surface area contributed by atoms with Gasteiger partial charge in [0.1, 0.15) is 17.4 Å². The second kappa shape index (κ2) is 9.40. The molecule has 4 aromatic rings. The van der Waals surface area contributed by atoms with Crippen LogP contribution in [0.4, 0.5) is 4.39 Å². The number of nitrogens with one attached hydrogen (secondary N) is 1. The van der Waals surface area contributed by atoms with Crippen LogP contribution in [0, 0.1) is 6.08 Å². The molecule has 2 aromatic heterocycles. The first kappa shape index (κ1) is 24.0. The minimum Gasteiger partial charge on any atom is -0.402 e. The first-order valence-electron chi connectivity index (χ1n) is 11.4. The highest BCUT2D eigenvalue weighted by molar-refractivity contribution is 6.99. The first-order valence-corrected chi connectivity index (χ1v) is 13.7. The molecule has 0 aliphatic carbocycles. The van der Waals surface area contributed by atoms with E-state index in [1.165, 1.54) is 10.4 Å². The van der Waals surface area contributed by atoms with Gasteiger partial charge in [0.2, 0.25) is 0 Å². The Morgan fingerprint density at radius 2 is 1.66 bits per heavy atom. The number of fused-ring (bicyclic) bond motifs is 1. The van der Waals surface area contributed by atoms with Crippen LogP contribution in [0.25, 0.3) is 11.2 Å². The van der Waals surface area contributed by atoms with Crippen molar-refractivity contribution in [3.05, 3.63) is 77.7 Å². The number of benzene rings is 2. The average molecular weight is 513 g/mol. The van der Waals surface area contributed by atoms with Crippen molar-refractivity contribution >= 4 is 41.5 Å². The van der Waals surface area contributed by atoms with Crippen molar-refractivity contribution in [1.29, 1.82) is 0 Å². The van der Waals surface area contributed by atoms with E-state index in [0.717, 1.165) is 0 Å². The fraction of sp³-hybridized carbons (Fsp3) is 0.320. The maximum atomic E-state index is 13.5. The molecular formula is C25H26ClFN4O3Si. The summed E-state index contributed by atoms with van der Waals surface area (Å²) in [7, 11) is -2.72. The Bertz CT molecular complexity index is 1280. The van der Waals surface area contributed by atoms with Crippen LogP contribution in [-0.2, 0) is 13.9 Å². The maximum Gasteiger partial charge on any atom is 0.312 e. The molecule has 2 unspecified atom stereocenters. The van der Waals surface area contributed by atoms with E-state index in [2.05, 4.69) is 65.0 Å². The molecule has 0 amide bonds. The van der Waals surface area contributed by atoms with Crippen molar-refractivity contribution in [1.82, 2.24) is 19.9 Å². The molecule has 35 heavy (non-hydrogen) atoms. The summed E-state index contributed by atoms with van der Waals surface area (Å²) in [6.45, 7) is 7.17. The number of H-pyrrole nitrogens is 1. The van der Waals surface area contributed by atoms with Crippen molar-refractivity contribution in [2.75, 3.05) is 13.2 Å². The van der Waals surface area contributed by atoms with E-state index in [9.17, 15) is 4.39 Å². The van der Waals surface area contributed by atoms with Crippen LogP contribution in [0.2, 0.25) is 10.2 Å². The van der Waals surface area contributed by atoms with Crippen LogP contribution in [-0.4, -0.2) is 47.8 Å². The molecule has 1 saturated heterocycles. The Morgan fingerprint density at radius 3 is 2.26 bits per heavy atom. The first-order chi connectivity index (χ1) is 16.8. The largest absolute Gasteiger partial charge is 0.402 e. The number of hydrogen-bond acceptors (Lipinski definition) is 6. The number of halogens is 2. The van der Waals surface area contributed by atoms with Crippen LogP contribution < -0.4 is 10.4 Å². The molecule has 1 aliphatic heterocycles. The Morgan fingerprint density at radius 1 is 1.03 bits per heavy atom. The third-order valence-electron chi connectivity index (χ3n) is 6.21. The molecule has 2 atom stereocenters. The second-order valence-electron chi connectivity index (χ2n) is 9.47. The molecule has 2 aromatic carbocycles. The zero-order valence-corrected chi connectivity index (χ0v) is 21.4. The molecule has 0 saturated carbocycles. The number of rotatable bonds is 6. The predicted molar refractivity (Wildman–Crippen MR) is 134 cm³/mol. The smallest absolute Gasteiger partial charge is 0.312 e. The lowest BCUT2D eigenvalue weighted by Crippen LogP contribution is -2.67. The van der Waals surface area contributed by atoms with E-state index in [1.807, 2.05) is 36.4 Å². The van der Waals surface area contributed by atoms with Crippen LogP contribution in [0.15, 0.2) is 60.7 Å². The molecule has 5 rings (SSSR count). The van der Waals surface area contributed by atoms with Crippen molar-refractivity contribution in [3.8, 4) is 0 Å². The number of ether oxygens (including phenoxy) is 2. The molecule has 7 nitrogen and oxygen atoms in total. The zero-order chi connectivity index (χ0) is 24.6. The van der Waals surface area contributed by atoms with Gasteiger partial charge in [0.05, 0.1) is 13.2 Å². The van der Waals surface area contributed by atoms with E-state index in [1.54, 1.807) is 0 Å². The number of aromatic nitrogens is 4. The quantitative estimate of drug-likeness (QED) is 0.237. The summed E-state index contributed by atoms with van der Waals surface area (Å²) < 4.78 is 32.4. The highest BCUT2D eigenvalue weighted by Gasteiger charge is 2.50. The van der Waals surface area contributed by atoms with Gasteiger partial charge in [-0.2, -0.15) is 14.4 Å². The SMILES string of the molecule is CC(C)(C)[Si](OCC1OCC(c2nc3nc(F)nc(Cl)c3[nH]2)O1)(c1ccccc1)c1ccccc1. The fourth-order valence-corrected chi connectivity index (χ4v) is 9.39. The molecule has 3 heterocycles. The summed E-state index contributed by atoms with van der Waals surface area (Å²) in [5, 5.41) is 2.17. The van der Waals surface area contributed by atoms with Crippen LogP contribution in [0.3, 0.4) is 0 Å². The van der Waals surface area contributed by atoms with Crippen molar-refractivity contribution in [2.24, 2.45) is 0 Å². The van der Waals surface area contributed by atoms with Crippen molar-refractivity contribution in [2.45, 2.75) is 38.2 Å². The van der Waals surface area contributed by atoms with Gasteiger partial charge in [0, 0.05) is 0 Å². The molecule has 10 heteroatoms. The third-order valence-corrected chi connectivity index (χ3v) is 11.5. The van der Waals surface area contributed by atoms with E-state index in [4.69, 9.17) is 25.5 Å². The number of nitrogens with zero attached hydrogens (tertiary/aromatic N) is 3. The molecule has 1 N–H and O–H groups in total. The van der Waals surface area contributed by atoms with Crippen molar-refractivity contribution < 1.29 is 18.3 Å². The summed E-state index contributed by atoms with van der Waals surface area (Å²) in [6.07, 6.45) is -2.01. The second-order valence-corrected chi connectivity index (χ2v) is 14.1. The van der Waals surface area contributed by atoms with E-state index >= 15 is 0 Å².